The number of carbonyl (C=O) groups excluding carboxylic acids is 1. The summed E-state index contributed by atoms with van der Waals surface area (Å²) < 4.78 is 25.0. The van der Waals surface area contributed by atoms with Crippen LogP contribution in [0.15, 0.2) is 83.4 Å². The van der Waals surface area contributed by atoms with Crippen LogP contribution in [-0.4, -0.2) is 15.9 Å². The van der Waals surface area contributed by atoms with Crippen molar-refractivity contribution in [2.24, 2.45) is 0 Å². The molecule has 0 atom stereocenters. The zero-order chi connectivity index (χ0) is 21.9. The Morgan fingerprint density at radius 2 is 1.62 bits per heavy atom. The van der Waals surface area contributed by atoms with E-state index in [0.717, 1.165) is 21.7 Å². The van der Waals surface area contributed by atoms with E-state index in [-0.39, 0.29) is 31.2 Å². The summed E-state index contributed by atoms with van der Waals surface area (Å²) in [5, 5.41) is 3.10. The minimum atomic E-state index is -0.385. The molecule has 0 radical (unpaired) electrons. The molecule has 5 nitrogen and oxygen atoms in total. The Bertz CT molecular complexity index is 1430. The molecular weight excluding hydrogens is 407 g/mol. The van der Waals surface area contributed by atoms with E-state index >= 15 is 0 Å². The van der Waals surface area contributed by atoms with Gasteiger partial charge in [-0.05, 0) is 23.6 Å². The van der Waals surface area contributed by atoms with Crippen LogP contribution in [0.1, 0.15) is 18.0 Å². The molecule has 0 aliphatic rings. The summed E-state index contributed by atoms with van der Waals surface area (Å²) in [5.41, 5.74) is 1.91. The SMILES string of the molecule is O=C(CCc1ncc(-c2ccccc2F)o1)OCc1nc2ccccc2c2ccccc12. The van der Waals surface area contributed by atoms with E-state index in [2.05, 4.69) is 4.98 Å². The topological polar surface area (TPSA) is 65.2 Å². The van der Waals surface area contributed by atoms with E-state index in [1.54, 1.807) is 18.2 Å². The van der Waals surface area contributed by atoms with Crippen LogP contribution in [-0.2, 0) is 22.6 Å². The number of esters is 1. The van der Waals surface area contributed by atoms with Crippen LogP contribution in [0.3, 0.4) is 0 Å². The van der Waals surface area contributed by atoms with Crippen LogP contribution >= 0.6 is 0 Å². The van der Waals surface area contributed by atoms with E-state index in [4.69, 9.17) is 14.1 Å². The van der Waals surface area contributed by atoms with Gasteiger partial charge in [0, 0.05) is 17.2 Å². The molecular formula is C26H19FN2O3. The molecule has 3 aromatic carbocycles. The first-order chi connectivity index (χ1) is 15.7. The molecule has 0 saturated heterocycles. The number of fused-ring (bicyclic) bond motifs is 3. The lowest BCUT2D eigenvalue weighted by Gasteiger charge is -2.10. The van der Waals surface area contributed by atoms with Crippen molar-refractivity contribution in [3.63, 3.8) is 0 Å². The molecule has 0 fully saturated rings. The summed E-state index contributed by atoms with van der Waals surface area (Å²) in [6, 6.07) is 22.2. The highest BCUT2D eigenvalue weighted by Gasteiger charge is 2.14. The van der Waals surface area contributed by atoms with Gasteiger partial charge in [-0.2, -0.15) is 0 Å². The summed E-state index contributed by atoms with van der Waals surface area (Å²) in [4.78, 5) is 21.2. The van der Waals surface area contributed by atoms with Gasteiger partial charge in [0.1, 0.15) is 12.4 Å². The lowest BCUT2D eigenvalue weighted by atomic mass is 10.0. The average Bonchev–Trinajstić information content (AvgIpc) is 3.30. The minimum Gasteiger partial charge on any atom is -0.459 e. The van der Waals surface area contributed by atoms with Crippen molar-refractivity contribution in [2.45, 2.75) is 19.4 Å². The van der Waals surface area contributed by atoms with Crippen molar-refractivity contribution >= 4 is 27.6 Å². The second-order valence-corrected chi connectivity index (χ2v) is 7.38. The predicted molar refractivity (Wildman–Crippen MR) is 119 cm³/mol. The molecule has 0 spiro atoms. The molecule has 0 unspecified atom stereocenters. The number of halogens is 1. The highest BCUT2D eigenvalue weighted by atomic mass is 19.1. The van der Waals surface area contributed by atoms with Gasteiger partial charge in [0.25, 0.3) is 0 Å². The predicted octanol–water partition coefficient (Wildman–Crippen LogP) is 5.86. The number of rotatable bonds is 6. The third kappa shape index (κ3) is 3.95. The zero-order valence-electron chi connectivity index (χ0n) is 17.1. The number of benzene rings is 3. The molecule has 5 aromatic rings. The number of nitrogens with zero attached hydrogens (tertiary/aromatic N) is 2. The molecule has 0 amide bonds. The van der Waals surface area contributed by atoms with Crippen LogP contribution in [0, 0.1) is 5.82 Å². The number of hydrogen-bond donors (Lipinski definition) is 0. The Morgan fingerprint density at radius 3 is 2.47 bits per heavy atom. The summed E-state index contributed by atoms with van der Waals surface area (Å²) in [7, 11) is 0. The van der Waals surface area contributed by atoms with Gasteiger partial charge in [-0.1, -0.05) is 54.6 Å². The van der Waals surface area contributed by atoms with E-state index < -0.39 is 0 Å². The fourth-order valence-electron chi connectivity index (χ4n) is 3.73. The first-order valence-electron chi connectivity index (χ1n) is 10.3. The number of aryl methyl sites for hydroxylation is 1. The van der Waals surface area contributed by atoms with E-state index in [9.17, 15) is 9.18 Å². The maximum absolute atomic E-state index is 13.9. The first kappa shape index (κ1) is 19.9. The Labute approximate surface area is 183 Å². The van der Waals surface area contributed by atoms with Gasteiger partial charge < -0.3 is 9.15 Å². The first-order valence-corrected chi connectivity index (χ1v) is 10.3. The zero-order valence-corrected chi connectivity index (χ0v) is 17.1. The summed E-state index contributed by atoms with van der Waals surface area (Å²) >= 11 is 0. The molecule has 0 bridgehead atoms. The number of hydrogen-bond acceptors (Lipinski definition) is 5. The molecule has 32 heavy (non-hydrogen) atoms. The van der Waals surface area contributed by atoms with Gasteiger partial charge in [-0.25, -0.2) is 14.4 Å². The molecule has 0 aliphatic heterocycles. The maximum Gasteiger partial charge on any atom is 0.306 e. The number of para-hydroxylation sites is 1. The van der Waals surface area contributed by atoms with Crippen molar-refractivity contribution in [3.8, 4) is 11.3 Å². The number of oxazole rings is 1. The van der Waals surface area contributed by atoms with Gasteiger partial charge in [-0.15, -0.1) is 0 Å². The Balaban J connectivity index is 1.26. The molecule has 2 heterocycles. The molecule has 0 aliphatic carbocycles. The molecule has 158 valence electrons. The second kappa shape index (κ2) is 8.59. The monoisotopic (exact) mass is 426 g/mol. The summed E-state index contributed by atoms with van der Waals surface area (Å²) in [5.74, 6) is -0.0767. The van der Waals surface area contributed by atoms with Gasteiger partial charge in [0.15, 0.2) is 11.7 Å². The standard InChI is InChI=1S/C26H19FN2O3/c27-21-11-5-3-10-20(21)24-15-28-25(32-24)13-14-26(30)31-16-23-19-9-2-1-7-17(19)18-8-4-6-12-22(18)29-23/h1-12,15H,13-14,16H2. The van der Waals surface area contributed by atoms with Crippen molar-refractivity contribution in [2.75, 3.05) is 0 Å². The maximum atomic E-state index is 13.9. The van der Waals surface area contributed by atoms with Crippen molar-refractivity contribution in [1.82, 2.24) is 9.97 Å². The lowest BCUT2D eigenvalue weighted by Crippen LogP contribution is -2.07. The van der Waals surface area contributed by atoms with Crippen LogP contribution in [0.25, 0.3) is 33.0 Å². The van der Waals surface area contributed by atoms with E-state index in [0.29, 0.717) is 22.9 Å². The molecule has 5 rings (SSSR count). The van der Waals surface area contributed by atoms with Gasteiger partial charge >= 0.3 is 5.97 Å². The van der Waals surface area contributed by atoms with Crippen LogP contribution in [0.2, 0.25) is 0 Å². The quantitative estimate of drug-likeness (QED) is 0.251. The highest BCUT2D eigenvalue weighted by Crippen LogP contribution is 2.27. The molecule has 0 N–H and O–H groups in total. The Kier molecular flexibility index (Phi) is 5.34. The van der Waals surface area contributed by atoms with Gasteiger partial charge in [0.2, 0.25) is 0 Å². The Hall–Kier alpha value is -4.06. The third-order valence-corrected chi connectivity index (χ3v) is 5.29. The minimum absolute atomic E-state index is 0.0796. The second-order valence-electron chi connectivity index (χ2n) is 7.38. The van der Waals surface area contributed by atoms with Gasteiger partial charge in [-0.3, -0.25) is 4.79 Å². The average molecular weight is 426 g/mol. The van der Waals surface area contributed by atoms with E-state index in [1.165, 1.54) is 12.3 Å². The van der Waals surface area contributed by atoms with Gasteiger partial charge in [0.05, 0.1) is 29.4 Å². The largest absolute Gasteiger partial charge is 0.459 e. The van der Waals surface area contributed by atoms with Crippen molar-refractivity contribution in [3.05, 3.63) is 96.4 Å². The fraction of sp³-hybridized carbons (Fsp3) is 0.115. The lowest BCUT2D eigenvalue weighted by molar-refractivity contribution is -0.145. The molecule has 0 saturated carbocycles. The van der Waals surface area contributed by atoms with E-state index in [1.807, 2.05) is 48.5 Å². The molecule has 2 aromatic heterocycles. The number of ether oxygens (including phenoxy) is 1. The number of aromatic nitrogens is 2. The van der Waals surface area contributed by atoms with Crippen LogP contribution < -0.4 is 0 Å². The van der Waals surface area contributed by atoms with Crippen molar-refractivity contribution < 1.29 is 18.3 Å². The summed E-state index contributed by atoms with van der Waals surface area (Å²) in [6.07, 6.45) is 1.83. The Morgan fingerprint density at radius 1 is 0.906 bits per heavy atom. The smallest absolute Gasteiger partial charge is 0.306 e. The van der Waals surface area contributed by atoms with Crippen LogP contribution in [0.5, 0.6) is 0 Å². The molecule has 6 heteroatoms. The number of pyridine rings is 1. The highest BCUT2D eigenvalue weighted by molar-refractivity contribution is 6.06. The van der Waals surface area contributed by atoms with Crippen LogP contribution in [0.4, 0.5) is 4.39 Å². The number of carbonyl (C=O) groups is 1. The normalized spacial score (nSPS) is 11.2. The fourth-order valence-corrected chi connectivity index (χ4v) is 3.73. The third-order valence-electron chi connectivity index (χ3n) is 5.29. The van der Waals surface area contributed by atoms with Crippen molar-refractivity contribution in [1.29, 1.82) is 0 Å². The summed E-state index contributed by atoms with van der Waals surface area (Å²) in [6.45, 7) is 0.0796.